The summed E-state index contributed by atoms with van der Waals surface area (Å²) < 4.78 is 0. The summed E-state index contributed by atoms with van der Waals surface area (Å²) in [6.45, 7) is 8.15. The number of aryl methyl sites for hydroxylation is 1. The fraction of sp³-hybridized carbons (Fsp3) is 0.278. The number of anilines is 2. The molecule has 0 spiro atoms. The van der Waals surface area contributed by atoms with Crippen molar-refractivity contribution in [2.75, 3.05) is 10.6 Å². The summed E-state index contributed by atoms with van der Waals surface area (Å²) in [6, 6.07) is 11.0. The van der Waals surface area contributed by atoms with Gasteiger partial charge in [0.1, 0.15) is 5.82 Å². The molecule has 0 saturated carbocycles. The smallest absolute Gasteiger partial charge is 0.315 e. The second kappa shape index (κ2) is 6.60. The molecule has 5 heteroatoms. The van der Waals surface area contributed by atoms with E-state index in [1.807, 2.05) is 25.1 Å². The quantitative estimate of drug-likeness (QED) is 0.836. The molecule has 0 aliphatic carbocycles. The molecule has 0 radical (unpaired) electrons. The molecule has 0 fully saturated rings. The second-order valence-corrected chi connectivity index (χ2v) is 6.40. The van der Waals surface area contributed by atoms with Gasteiger partial charge in [-0.05, 0) is 41.7 Å². The van der Waals surface area contributed by atoms with Gasteiger partial charge in [-0.25, -0.2) is 4.98 Å². The Balaban J connectivity index is 2.01. The SMILES string of the molecule is Cc1cccnc1NC(=O)C(=O)Nc1ccc(C(C)(C)C)cc1. The predicted octanol–water partition coefficient (Wildman–Crippen LogP) is 3.26. The number of hydrogen-bond acceptors (Lipinski definition) is 3. The summed E-state index contributed by atoms with van der Waals surface area (Å²) in [5.41, 5.74) is 2.57. The Kier molecular flexibility index (Phi) is 4.79. The third-order valence-corrected chi connectivity index (χ3v) is 3.46. The van der Waals surface area contributed by atoms with Crippen molar-refractivity contribution in [2.45, 2.75) is 33.1 Å². The van der Waals surface area contributed by atoms with Crippen LogP contribution in [0.4, 0.5) is 11.5 Å². The van der Waals surface area contributed by atoms with Crippen LogP contribution in [-0.2, 0) is 15.0 Å². The number of carbonyl (C=O) groups excluding carboxylic acids is 2. The molecule has 0 aliphatic heterocycles. The maximum atomic E-state index is 12.0. The molecule has 0 unspecified atom stereocenters. The third kappa shape index (κ3) is 4.39. The lowest BCUT2D eigenvalue weighted by atomic mass is 9.87. The fourth-order valence-corrected chi connectivity index (χ4v) is 2.02. The number of nitrogens with zero attached hydrogens (tertiary/aromatic N) is 1. The highest BCUT2D eigenvalue weighted by atomic mass is 16.2. The van der Waals surface area contributed by atoms with Crippen LogP contribution in [0.15, 0.2) is 42.6 Å². The van der Waals surface area contributed by atoms with Crippen LogP contribution in [-0.4, -0.2) is 16.8 Å². The molecular formula is C18H21N3O2. The molecule has 5 nitrogen and oxygen atoms in total. The number of benzene rings is 1. The van der Waals surface area contributed by atoms with Crippen molar-refractivity contribution in [3.05, 3.63) is 53.7 Å². The van der Waals surface area contributed by atoms with Gasteiger partial charge in [0.2, 0.25) is 0 Å². The largest absolute Gasteiger partial charge is 0.318 e. The maximum Gasteiger partial charge on any atom is 0.315 e. The number of hydrogen-bond donors (Lipinski definition) is 2. The van der Waals surface area contributed by atoms with E-state index in [0.717, 1.165) is 11.1 Å². The molecule has 1 aromatic carbocycles. The zero-order valence-corrected chi connectivity index (χ0v) is 13.8. The van der Waals surface area contributed by atoms with Gasteiger partial charge in [0.25, 0.3) is 0 Å². The highest BCUT2D eigenvalue weighted by Crippen LogP contribution is 2.23. The Morgan fingerprint density at radius 1 is 0.957 bits per heavy atom. The zero-order chi connectivity index (χ0) is 17.0. The second-order valence-electron chi connectivity index (χ2n) is 6.40. The Morgan fingerprint density at radius 2 is 1.57 bits per heavy atom. The van der Waals surface area contributed by atoms with Crippen LogP contribution in [0.5, 0.6) is 0 Å². The van der Waals surface area contributed by atoms with Crippen LogP contribution in [0, 0.1) is 6.92 Å². The summed E-state index contributed by atoms with van der Waals surface area (Å²) in [5.74, 6) is -1.08. The first-order chi connectivity index (χ1) is 10.8. The minimum absolute atomic E-state index is 0.0381. The summed E-state index contributed by atoms with van der Waals surface area (Å²) in [4.78, 5) is 27.9. The first-order valence-electron chi connectivity index (χ1n) is 7.42. The monoisotopic (exact) mass is 311 g/mol. The molecule has 0 atom stereocenters. The molecular weight excluding hydrogens is 290 g/mol. The van der Waals surface area contributed by atoms with Crippen LogP contribution >= 0.6 is 0 Å². The van der Waals surface area contributed by atoms with Crippen LogP contribution in [0.1, 0.15) is 31.9 Å². The lowest BCUT2D eigenvalue weighted by Gasteiger charge is -2.19. The van der Waals surface area contributed by atoms with E-state index >= 15 is 0 Å². The molecule has 0 aliphatic rings. The molecule has 1 aromatic heterocycles. The van der Waals surface area contributed by atoms with E-state index in [2.05, 4.69) is 36.4 Å². The highest BCUT2D eigenvalue weighted by molar-refractivity contribution is 6.43. The fourth-order valence-electron chi connectivity index (χ4n) is 2.02. The van der Waals surface area contributed by atoms with Gasteiger partial charge < -0.3 is 10.6 Å². The van der Waals surface area contributed by atoms with Gasteiger partial charge in [0.15, 0.2) is 0 Å². The van der Waals surface area contributed by atoms with Crippen molar-refractivity contribution in [3.63, 3.8) is 0 Å². The number of rotatable bonds is 2. The first-order valence-corrected chi connectivity index (χ1v) is 7.42. The van der Waals surface area contributed by atoms with Crippen molar-refractivity contribution in [1.82, 2.24) is 4.98 Å². The number of amides is 2. The average molecular weight is 311 g/mol. The number of aromatic nitrogens is 1. The first kappa shape index (κ1) is 16.7. The molecule has 120 valence electrons. The number of carbonyl (C=O) groups is 2. The van der Waals surface area contributed by atoms with E-state index in [-0.39, 0.29) is 5.41 Å². The molecule has 2 amide bonds. The Bertz CT molecular complexity index is 716. The zero-order valence-electron chi connectivity index (χ0n) is 13.8. The summed E-state index contributed by atoms with van der Waals surface area (Å²) in [7, 11) is 0. The van der Waals surface area contributed by atoms with E-state index in [9.17, 15) is 9.59 Å². The summed E-state index contributed by atoms with van der Waals surface area (Å²) in [5, 5.41) is 5.09. The van der Waals surface area contributed by atoms with E-state index in [4.69, 9.17) is 0 Å². The van der Waals surface area contributed by atoms with Gasteiger partial charge in [-0.3, -0.25) is 9.59 Å². The van der Waals surface area contributed by atoms with Crippen molar-refractivity contribution in [3.8, 4) is 0 Å². The molecule has 2 rings (SSSR count). The minimum Gasteiger partial charge on any atom is -0.318 e. The lowest BCUT2D eigenvalue weighted by molar-refractivity contribution is -0.133. The van der Waals surface area contributed by atoms with Gasteiger partial charge in [0, 0.05) is 11.9 Å². The van der Waals surface area contributed by atoms with Gasteiger partial charge in [-0.2, -0.15) is 0 Å². The summed E-state index contributed by atoms with van der Waals surface area (Å²) >= 11 is 0. The topological polar surface area (TPSA) is 71.1 Å². The van der Waals surface area contributed by atoms with E-state index in [0.29, 0.717) is 11.5 Å². The van der Waals surface area contributed by atoms with E-state index < -0.39 is 11.8 Å². The average Bonchev–Trinajstić information content (AvgIpc) is 2.49. The number of nitrogens with one attached hydrogen (secondary N) is 2. The van der Waals surface area contributed by atoms with Crippen molar-refractivity contribution >= 4 is 23.3 Å². The lowest BCUT2D eigenvalue weighted by Crippen LogP contribution is -2.29. The minimum atomic E-state index is -0.744. The summed E-state index contributed by atoms with van der Waals surface area (Å²) in [6.07, 6.45) is 1.56. The molecule has 23 heavy (non-hydrogen) atoms. The Hall–Kier alpha value is -2.69. The predicted molar refractivity (Wildman–Crippen MR) is 91.4 cm³/mol. The molecule has 2 N–H and O–H groups in total. The molecule has 0 bridgehead atoms. The van der Waals surface area contributed by atoms with Crippen LogP contribution in [0.2, 0.25) is 0 Å². The van der Waals surface area contributed by atoms with Crippen LogP contribution in [0.25, 0.3) is 0 Å². The van der Waals surface area contributed by atoms with Crippen LogP contribution < -0.4 is 10.6 Å². The van der Waals surface area contributed by atoms with E-state index in [1.165, 1.54) is 0 Å². The Labute approximate surface area is 136 Å². The van der Waals surface area contributed by atoms with Gasteiger partial charge in [-0.15, -0.1) is 0 Å². The van der Waals surface area contributed by atoms with Gasteiger partial charge in [0.05, 0.1) is 0 Å². The number of pyridine rings is 1. The van der Waals surface area contributed by atoms with Crippen molar-refractivity contribution in [2.24, 2.45) is 0 Å². The van der Waals surface area contributed by atoms with Crippen molar-refractivity contribution < 1.29 is 9.59 Å². The van der Waals surface area contributed by atoms with E-state index in [1.54, 1.807) is 24.4 Å². The van der Waals surface area contributed by atoms with Gasteiger partial charge in [-0.1, -0.05) is 39.0 Å². The normalized spacial score (nSPS) is 11.0. The van der Waals surface area contributed by atoms with Gasteiger partial charge >= 0.3 is 11.8 Å². The molecule has 2 aromatic rings. The van der Waals surface area contributed by atoms with Crippen LogP contribution in [0.3, 0.4) is 0 Å². The highest BCUT2D eigenvalue weighted by Gasteiger charge is 2.17. The maximum absolute atomic E-state index is 12.0. The standard InChI is InChI=1S/C18H21N3O2/c1-12-6-5-11-19-15(12)21-17(23)16(22)20-14-9-7-13(8-10-14)18(2,3)4/h5-11H,1-4H3,(H,20,22)(H,19,21,23). The molecule has 0 saturated heterocycles. The Morgan fingerprint density at radius 3 is 2.13 bits per heavy atom. The third-order valence-electron chi connectivity index (χ3n) is 3.46. The molecule has 1 heterocycles. The van der Waals surface area contributed by atoms with Crippen molar-refractivity contribution in [1.29, 1.82) is 0 Å².